The van der Waals surface area contributed by atoms with Gasteiger partial charge in [-0.25, -0.2) is 0 Å². The second kappa shape index (κ2) is 9.99. The van der Waals surface area contributed by atoms with Crippen LogP contribution in [0.2, 0.25) is 10.0 Å². The average molecular weight is 550 g/mol. The number of hydrogen-bond donors (Lipinski definition) is 1. The zero-order valence-electron chi connectivity index (χ0n) is 17.7. The molecule has 0 radical (unpaired) electrons. The summed E-state index contributed by atoms with van der Waals surface area (Å²) in [4.78, 5) is 12.9. The molecule has 4 aromatic rings. The Morgan fingerprint density at radius 1 is 1.18 bits per heavy atom. The molecule has 0 aliphatic rings. The second-order valence-corrected chi connectivity index (χ2v) is 9.07. The molecule has 0 saturated carbocycles. The maximum Gasteiger partial charge on any atom is 0.279 e. The molecule has 7 nitrogen and oxygen atoms in total. The molecule has 4 rings (SSSR count). The molecule has 0 fully saturated rings. The number of halogens is 3. The summed E-state index contributed by atoms with van der Waals surface area (Å²) >= 11 is 15.5. The lowest BCUT2D eigenvalue weighted by Crippen LogP contribution is -2.16. The van der Waals surface area contributed by atoms with Gasteiger partial charge in [-0.2, -0.15) is 5.10 Å². The number of carbonyl (C=O) groups is 1. The van der Waals surface area contributed by atoms with Gasteiger partial charge in [0, 0.05) is 6.20 Å². The fourth-order valence-corrected chi connectivity index (χ4v) is 3.89. The zero-order chi connectivity index (χ0) is 23.5. The molecular formula is C23H19BrCl2N4O3. The number of aromatic nitrogens is 3. The minimum Gasteiger partial charge on any atom is -0.489 e. The summed E-state index contributed by atoms with van der Waals surface area (Å²) in [6.07, 6.45) is 1.76. The molecule has 0 atom stereocenters. The Hall–Kier alpha value is -2.81. The molecule has 0 saturated heterocycles. The number of nitrogens with one attached hydrogen (secondary N) is 1. The number of aryl methyl sites for hydroxylation is 2. The first-order valence-electron chi connectivity index (χ1n) is 9.93. The van der Waals surface area contributed by atoms with E-state index in [4.69, 9.17) is 32.5 Å². The quantitative estimate of drug-likeness (QED) is 0.287. The Morgan fingerprint density at radius 3 is 2.76 bits per heavy atom. The Bertz CT molecular complexity index is 1320. The van der Waals surface area contributed by atoms with E-state index in [1.807, 2.05) is 37.3 Å². The van der Waals surface area contributed by atoms with Crippen molar-refractivity contribution >= 4 is 50.9 Å². The Morgan fingerprint density at radius 2 is 2.00 bits per heavy atom. The standard InChI is InChI=1S/C23H19BrCl2N4O3/c1-13-4-3-5-16(8-13)32-12-17-14(2)33-29-21(17)23(31)27-22-18(24)11-30(28-22)10-15-6-7-19(25)20(26)9-15/h3-9,11H,10,12H2,1-2H3,(H,27,28,31). The molecule has 10 heteroatoms. The predicted octanol–water partition coefficient (Wildman–Crippen LogP) is 6.44. The molecule has 0 unspecified atom stereocenters. The van der Waals surface area contributed by atoms with Crippen LogP contribution in [0.3, 0.4) is 0 Å². The van der Waals surface area contributed by atoms with Gasteiger partial charge in [-0.05, 0) is 65.2 Å². The first kappa shape index (κ1) is 23.4. The fraction of sp³-hybridized carbons (Fsp3) is 0.174. The van der Waals surface area contributed by atoms with Crippen molar-refractivity contribution in [3.05, 3.63) is 91.3 Å². The Kier molecular flexibility index (Phi) is 7.07. The summed E-state index contributed by atoms with van der Waals surface area (Å²) in [5.74, 6) is 1.12. The molecule has 170 valence electrons. The van der Waals surface area contributed by atoms with Crippen LogP contribution in [0.5, 0.6) is 5.75 Å². The van der Waals surface area contributed by atoms with Gasteiger partial charge < -0.3 is 14.6 Å². The van der Waals surface area contributed by atoms with Crippen LogP contribution in [0.1, 0.15) is 32.9 Å². The van der Waals surface area contributed by atoms with Crippen molar-refractivity contribution in [1.29, 1.82) is 0 Å². The van der Waals surface area contributed by atoms with Gasteiger partial charge in [0.2, 0.25) is 0 Å². The van der Waals surface area contributed by atoms with E-state index in [9.17, 15) is 4.79 Å². The Labute approximate surface area is 208 Å². The summed E-state index contributed by atoms with van der Waals surface area (Å²) in [6.45, 7) is 4.31. The van der Waals surface area contributed by atoms with Gasteiger partial charge in [0.05, 0.1) is 26.6 Å². The smallest absolute Gasteiger partial charge is 0.279 e. The van der Waals surface area contributed by atoms with Crippen LogP contribution in [0, 0.1) is 13.8 Å². The summed E-state index contributed by atoms with van der Waals surface area (Å²) in [5.41, 5.74) is 2.71. The fourth-order valence-electron chi connectivity index (χ4n) is 3.15. The van der Waals surface area contributed by atoms with Crippen LogP contribution in [0.4, 0.5) is 5.82 Å². The van der Waals surface area contributed by atoms with Gasteiger partial charge in [0.15, 0.2) is 11.5 Å². The topological polar surface area (TPSA) is 82.2 Å². The molecular weight excluding hydrogens is 531 g/mol. The van der Waals surface area contributed by atoms with Gasteiger partial charge in [-0.3, -0.25) is 9.48 Å². The molecule has 1 N–H and O–H groups in total. The number of nitrogens with zero attached hydrogens (tertiary/aromatic N) is 3. The predicted molar refractivity (Wildman–Crippen MR) is 130 cm³/mol. The minimum absolute atomic E-state index is 0.145. The summed E-state index contributed by atoms with van der Waals surface area (Å²) < 4.78 is 13.4. The van der Waals surface area contributed by atoms with Crippen molar-refractivity contribution in [1.82, 2.24) is 14.9 Å². The van der Waals surface area contributed by atoms with E-state index in [0.717, 1.165) is 11.1 Å². The van der Waals surface area contributed by atoms with Crippen molar-refractivity contribution < 1.29 is 14.1 Å². The lowest BCUT2D eigenvalue weighted by Gasteiger charge is -2.07. The molecule has 0 spiro atoms. The lowest BCUT2D eigenvalue weighted by molar-refractivity contribution is 0.101. The van der Waals surface area contributed by atoms with Crippen molar-refractivity contribution in [2.75, 3.05) is 5.32 Å². The SMILES string of the molecule is Cc1cccc(OCc2c(C(=O)Nc3nn(Cc4ccc(Cl)c(Cl)c4)cc3Br)noc2C)c1. The summed E-state index contributed by atoms with van der Waals surface area (Å²) in [6, 6.07) is 13.0. The molecule has 2 heterocycles. The van der Waals surface area contributed by atoms with Gasteiger partial charge in [-0.15, -0.1) is 0 Å². The maximum absolute atomic E-state index is 12.9. The van der Waals surface area contributed by atoms with Crippen molar-refractivity contribution in [2.24, 2.45) is 0 Å². The number of benzene rings is 2. The first-order chi connectivity index (χ1) is 15.8. The van der Waals surface area contributed by atoms with Gasteiger partial charge in [-0.1, -0.05) is 46.6 Å². The monoisotopic (exact) mass is 548 g/mol. The summed E-state index contributed by atoms with van der Waals surface area (Å²) in [5, 5.41) is 12.1. The van der Waals surface area contributed by atoms with Crippen LogP contribution < -0.4 is 10.1 Å². The Balaban J connectivity index is 1.47. The van der Waals surface area contributed by atoms with E-state index in [1.165, 1.54) is 0 Å². The number of rotatable bonds is 7. The van der Waals surface area contributed by atoms with Gasteiger partial charge in [0.1, 0.15) is 18.1 Å². The molecule has 0 aliphatic heterocycles. The zero-order valence-corrected chi connectivity index (χ0v) is 20.8. The maximum atomic E-state index is 12.9. The van der Waals surface area contributed by atoms with Gasteiger partial charge >= 0.3 is 0 Å². The van der Waals surface area contributed by atoms with E-state index in [2.05, 4.69) is 31.5 Å². The first-order valence-corrected chi connectivity index (χ1v) is 11.5. The third-order valence-corrected chi connectivity index (χ3v) is 6.17. The van der Waals surface area contributed by atoms with Crippen LogP contribution in [-0.4, -0.2) is 20.8 Å². The molecule has 1 amide bonds. The number of amides is 1. The van der Waals surface area contributed by atoms with E-state index >= 15 is 0 Å². The highest BCUT2D eigenvalue weighted by Gasteiger charge is 2.22. The highest BCUT2D eigenvalue weighted by atomic mass is 79.9. The number of carbonyl (C=O) groups excluding carboxylic acids is 1. The van der Waals surface area contributed by atoms with E-state index in [-0.39, 0.29) is 12.3 Å². The summed E-state index contributed by atoms with van der Waals surface area (Å²) in [7, 11) is 0. The third-order valence-electron chi connectivity index (χ3n) is 4.85. The molecule has 2 aromatic carbocycles. The van der Waals surface area contributed by atoms with Crippen LogP contribution in [0.25, 0.3) is 0 Å². The highest BCUT2D eigenvalue weighted by molar-refractivity contribution is 9.10. The molecule has 0 aliphatic carbocycles. The second-order valence-electron chi connectivity index (χ2n) is 7.40. The lowest BCUT2D eigenvalue weighted by atomic mass is 10.2. The van der Waals surface area contributed by atoms with Gasteiger partial charge in [0.25, 0.3) is 5.91 Å². The minimum atomic E-state index is -0.449. The number of hydrogen-bond acceptors (Lipinski definition) is 5. The van der Waals surface area contributed by atoms with E-state index < -0.39 is 5.91 Å². The van der Waals surface area contributed by atoms with Crippen LogP contribution in [0.15, 0.2) is 57.7 Å². The van der Waals surface area contributed by atoms with Crippen LogP contribution in [-0.2, 0) is 13.2 Å². The number of anilines is 1. The van der Waals surface area contributed by atoms with E-state index in [1.54, 1.807) is 29.9 Å². The number of ether oxygens (including phenoxy) is 1. The highest BCUT2D eigenvalue weighted by Crippen LogP contribution is 2.26. The largest absolute Gasteiger partial charge is 0.489 e. The van der Waals surface area contributed by atoms with Crippen molar-refractivity contribution in [3.63, 3.8) is 0 Å². The van der Waals surface area contributed by atoms with Crippen LogP contribution >= 0.6 is 39.1 Å². The van der Waals surface area contributed by atoms with Crippen molar-refractivity contribution in [3.8, 4) is 5.75 Å². The third kappa shape index (κ3) is 5.58. The van der Waals surface area contributed by atoms with Crippen molar-refractivity contribution in [2.45, 2.75) is 27.0 Å². The molecule has 33 heavy (non-hydrogen) atoms. The molecule has 0 bridgehead atoms. The van der Waals surface area contributed by atoms with E-state index in [0.29, 0.717) is 44.0 Å². The normalized spacial score (nSPS) is 10.9. The molecule has 2 aromatic heterocycles. The average Bonchev–Trinajstić information content (AvgIpc) is 3.31.